The lowest BCUT2D eigenvalue weighted by atomic mass is 10.2. The molecule has 0 aliphatic carbocycles. The average Bonchev–Trinajstić information content (AvgIpc) is 2.34. The maximum Gasteiger partial charge on any atom is 0.238 e. The molecule has 2 heterocycles. The summed E-state index contributed by atoms with van der Waals surface area (Å²) in [5.74, 6) is 0.458. The molecule has 2 aromatic rings. The Balaban J connectivity index is 2.20. The van der Waals surface area contributed by atoms with Crippen LogP contribution in [0.2, 0.25) is 0 Å². The van der Waals surface area contributed by atoms with Crippen molar-refractivity contribution in [1.29, 1.82) is 0 Å². The van der Waals surface area contributed by atoms with Gasteiger partial charge >= 0.3 is 0 Å². The lowest BCUT2D eigenvalue weighted by molar-refractivity contribution is 0.124. The molecule has 0 spiro atoms. The van der Waals surface area contributed by atoms with E-state index < -0.39 is 0 Å². The van der Waals surface area contributed by atoms with Crippen molar-refractivity contribution in [3.05, 3.63) is 34.9 Å². The first-order valence-corrected chi connectivity index (χ1v) is 7.69. The largest absolute Gasteiger partial charge is 0.470 e. The highest BCUT2D eigenvalue weighted by molar-refractivity contribution is 9.10. The molecule has 0 saturated carbocycles. The number of aromatic nitrogens is 2. The average molecular weight is 354 g/mol. The topological polar surface area (TPSA) is 61.0 Å². The lowest BCUT2D eigenvalue weighted by Crippen LogP contribution is -2.24. The SMILES string of the molecule is CC(C)(C)Oc1nc(Sc2ccc(Br)cn2)ccc1N. The maximum atomic E-state index is 5.89. The molecule has 2 aromatic heterocycles. The van der Waals surface area contributed by atoms with Gasteiger partial charge in [0.2, 0.25) is 5.88 Å². The van der Waals surface area contributed by atoms with E-state index >= 15 is 0 Å². The van der Waals surface area contributed by atoms with Gasteiger partial charge in [-0.1, -0.05) is 0 Å². The van der Waals surface area contributed by atoms with Crippen molar-refractivity contribution in [3.8, 4) is 5.88 Å². The molecule has 4 nitrogen and oxygen atoms in total. The minimum Gasteiger partial charge on any atom is -0.470 e. The highest BCUT2D eigenvalue weighted by Crippen LogP contribution is 2.30. The fraction of sp³-hybridized carbons (Fsp3) is 0.286. The zero-order valence-electron chi connectivity index (χ0n) is 11.6. The van der Waals surface area contributed by atoms with Crippen molar-refractivity contribution in [2.45, 2.75) is 36.4 Å². The summed E-state index contributed by atoms with van der Waals surface area (Å²) in [6.07, 6.45) is 1.76. The molecule has 2 N–H and O–H groups in total. The van der Waals surface area contributed by atoms with Gasteiger partial charge < -0.3 is 10.5 Å². The van der Waals surface area contributed by atoms with Crippen LogP contribution >= 0.6 is 27.7 Å². The fourth-order valence-electron chi connectivity index (χ4n) is 1.39. The quantitative estimate of drug-likeness (QED) is 0.897. The third-order valence-corrected chi connectivity index (χ3v) is 3.53. The van der Waals surface area contributed by atoms with Gasteiger partial charge in [-0.05, 0) is 72.7 Å². The van der Waals surface area contributed by atoms with Gasteiger partial charge in [0.15, 0.2) is 0 Å². The molecule has 0 unspecified atom stereocenters. The molecule has 2 rings (SSSR count). The minimum atomic E-state index is -0.333. The van der Waals surface area contributed by atoms with Crippen molar-refractivity contribution in [2.24, 2.45) is 0 Å². The van der Waals surface area contributed by atoms with E-state index in [2.05, 4.69) is 25.9 Å². The van der Waals surface area contributed by atoms with Crippen LogP contribution in [0.15, 0.2) is 45.0 Å². The monoisotopic (exact) mass is 353 g/mol. The summed E-state index contributed by atoms with van der Waals surface area (Å²) in [7, 11) is 0. The summed E-state index contributed by atoms with van der Waals surface area (Å²) in [5.41, 5.74) is 6.09. The summed E-state index contributed by atoms with van der Waals surface area (Å²) in [6, 6.07) is 7.53. The highest BCUT2D eigenvalue weighted by Gasteiger charge is 2.15. The molecule has 0 saturated heterocycles. The zero-order valence-corrected chi connectivity index (χ0v) is 14.0. The van der Waals surface area contributed by atoms with E-state index in [1.165, 1.54) is 11.8 Å². The van der Waals surface area contributed by atoms with Crippen LogP contribution in [-0.4, -0.2) is 15.6 Å². The molecule has 6 heteroatoms. The molecule has 20 heavy (non-hydrogen) atoms. The van der Waals surface area contributed by atoms with E-state index in [0.717, 1.165) is 14.5 Å². The molecule has 0 radical (unpaired) electrons. The predicted octanol–water partition coefficient (Wildman–Crippen LogP) is 4.15. The summed E-state index contributed by atoms with van der Waals surface area (Å²) in [5, 5.41) is 1.67. The van der Waals surface area contributed by atoms with Crippen molar-refractivity contribution >= 4 is 33.4 Å². The number of ether oxygens (including phenoxy) is 1. The first kappa shape index (κ1) is 15.1. The van der Waals surface area contributed by atoms with Crippen molar-refractivity contribution < 1.29 is 4.74 Å². The van der Waals surface area contributed by atoms with Gasteiger partial charge in [-0.2, -0.15) is 0 Å². The highest BCUT2D eigenvalue weighted by atomic mass is 79.9. The number of pyridine rings is 2. The summed E-state index contributed by atoms with van der Waals surface area (Å²) >= 11 is 4.83. The molecule has 0 aromatic carbocycles. The molecule has 106 valence electrons. The Morgan fingerprint density at radius 1 is 1.15 bits per heavy atom. The van der Waals surface area contributed by atoms with E-state index in [-0.39, 0.29) is 5.60 Å². The Labute approximate surface area is 131 Å². The zero-order chi connectivity index (χ0) is 14.8. The normalized spacial score (nSPS) is 11.4. The second-order valence-corrected chi connectivity index (χ2v) is 7.13. The molecular formula is C14H16BrN3OS. The lowest BCUT2D eigenvalue weighted by Gasteiger charge is -2.21. The van der Waals surface area contributed by atoms with E-state index in [4.69, 9.17) is 10.5 Å². The van der Waals surface area contributed by atoms with Gasteiger partial charge in [0, 0.05) is 10.7 Å². The number of hydrogen-bond donors (Lipinski definition) is 1. The van der Waals surface area contributed by atoms with Gasteiger partial charge in [0.1, 0.15) is 15.7 Å². The molecule has 0 bridgehead atoms. The van der Waals surface area contributed by atoms with Gasteiger partial charge in [-0.25, -0.2) is 9.97 Å². The van der Waals surface area contributed by atoms with Gasteiger partial charge in [-0.3, -0.25) is 0 Å². The second-order valence-electron chi connectivity index (χ2n) is 5.18. The standard InChI is InChI=1S/C14H16BrN3OS/c1-14(2,3)19-13-10(16)5-7-12(18-13)20-11-6-4-9(15)8-17-11/h4-8H,16H2,1-3H3. The Kier molecular flexibility index (Phi) is 4.55. The number of rotatable bonds is 3. The van der Waals surface area contributed by atoms with Crippen LogP contribution in [0.25, 0.3) is 0 Å². The molecule has 0 amide bonds. The third kappa shape index (κ3) is 4.38. The summed E-state index contributed by atoms with van der Waals surface area (Å²) in [4.78, 5) is 8.74. The van der Waals surface area contributed by atoms with Crippen LogP contribution in [-0.2, 0) is 0 Å². The number of halogens is 1. The van der Waals surface area contributed by atoms with Crippen molar-refractivity contribution in [2.75, 3.05) is 5.73 Å². The molecule has 0 aliphatic rings. The minimum absolute atomic E-state index is 0.333. The van der Waals surface area contributed by atoms with E-state index in [0.29, 0.717) is 11.6 Å². The van der Waals surface area contributed by atoms with Crippen LogP contribution < -0.4 is 10.5 Å². The number of nitrogen functional groups attached to an aromatic ring is 1. The van der Waals surface area contributed by atoms with Gasteiger partial charge in [0.25, 0.3) is 0 Å². The molecule has 0 aliphatic heterocycles. The van der Waals surface area contributed by atoms with Crippen LogP contribution in [0.5, 0.6) is 5.88 Å². The summed E-state index contributed by atoms with van der Waals surface area (Å²) in [6.45, 7) is 5.89. The number of hydrogen-bond acceptors (Lipinski definition) is 5. The van der Waals surface area contributed by atoms with Crippen LogP contribution in [0.3, 0.4) is 0 Å². The number of anilines is 1. The predicted molar refractivity (Wildman–Crippen MR) is 85.1 cm³/mol. The Hall–Kier alpha value is -1.27. The third-order valence-electron chi connectivity index (χ3n) is 2.18. The maximum absolute atomic E-state index is 5.89. The Morgan fingerprint density at radius 3 is 2.45 bits per heavy atom. The second kappa shape index (κ2) is 6.01. The Bertz CT molecular complexity index is 596. The van der Waals surface area contributed by atoms with Gasteiger partial charge in [-0.15, -0.1) is 0 Å². The van der Waals surface area contributed by atoms with Crippen LogP contribution in [0.1, 0.15) is 20.8 Å². The first-order chi connectivity index (χ1) is 9.33. The smallest absolute Gasteiger partial charge is 0.238 e. The van der Waals surface area contributed by atoms with Crippen LogP contribution in [0, 0.1) is 0 Å². The number of nitrogens with zero attached hydrogens (tertiary/aromatic N) is 2. The molecule has 0 fully saturated rings. The summed E-state index contributed by atoms with van der Waals surface area (Å²) < 4.78 is 6.70. The molecular weight excluding hydrogens is 338 g/mol. The Morgan fingerprint density at radius 2 is 1.85 bits per heavy atom. The number of nitrogens with two attached hydrogens (primary N) is 1. The van der Waals surface area contributed by atoms with E-state index in [1.54, 1.807) is 12.3 Å². The van der Waals surface area contributed by atoms with E-state index in [9.17, 15) is 0 Å². The van der Waals surface area contributed by atoms with E-state index in [1.807, 2.05) is 39.0 Å². The fourth-order valence-corrected chi connectivity index (χ4v) is 2.35. The van der Waals surface area contributed by atoms with Gasteiger partial charge in [0.05, 0.1) is 5.69 Å². The van der Waals surface area contributed by atoms with Crippen LogP contribution in [0.4, 0.5) is 5.69 Å². The molecule has 0 atom stereocenters. The first-order valence-electron chi connectivity index (χ1n) is 6.08. The van der Waals surface area contributed by atoms with Crippen molar-refractivity contribution in [3.63, 3.8) is 0 Å². The van der Waals surface area contributed by atoms with Crippen molar-refractivity contribution in [1.82, 2.24) is 9.97 Å².